The van der Waals surface area contributed by atoms with Crippen LogP contribution in [-0.4, -0.2) is 33.4 Å². The van der Waals surface area contributed by atoms with Gasteiger partial charge in [-0.1, -0.05) is 24.3 Å². The van der Waals surface area contributed by atoms with E-state index in [1.165, 1.54) is 5.01 Å². The second-order valence-electron chi connectivity index (χ2n) is 4.86. The second kappa shape index (κ2) is 5.95. The number of hydrogen-bond acceptors (Lipinski definition) is 3. The quantitative estimate of drug-likeness (QED) is 0.443. The van der Waals surface area contributed by atoms with E-state index < -0.39 is 0 Å². The van der Waals surface area contributed by atoms with Crippen molar-refractivity contribution in [1.29, 1.82) is 0 Å². The van der Waals surface area contributed by atoms with Crippen molar-refractivity contribution < 1.29 is 0 Å². The number of nitrogens with one attached hydrogen (secondary N) is 1. The number of H-pyrrole nitrogens is 1. The smallest absolute Gasteiger partial charge is 0.186 e. The van der Waals surface area contributed by atoms with Gasteiger partial charge in [-0.25, -0.2) is 9.99 Å². The fourth-order valence-electron chi connectivity index (χ4n) is 2.22. The van der Waals surface area contributed by atoms with Gasteiger partial charge in [-0.2, -0.15) is 5.10 Å². The average molecular weight is 309 g/mol. The molecule has 0 aliphatic heterocycles. The Balaban J connectivity index is 2.12. The topological polar surface area (TPSA) is 70.3 Å². The number of hydrazone groups is 1. The van der Waals surface area contributed by atoms with Crippen LogP contribution in [0.1, 0.15) is 5.56 Å². The first kappa shape index (κ1) is 14.2. The molecule has 0 atom stereocenters. The Hall–Kier alpha value is -2.73. The minimum atomic E-state index is 0.227. The Morgan fingerprint density at radius 1 is 1.36 bits per heavy atom. The molecule has 6 heteroatoms. The van der Waals surface area contributed by atoms with E-state index >= 15 is 0 Å². The molecule has 0 spiro atoms. The molecule has 3 rings (SSSR count). The van der Waals surface area contributed by atoms with Crippen molar-refractivity contribution in [1.82, 2.24) is 15.0 Å². The molecule has 1 aromatic heterocycles. The van der Waals surface area contributed by atoms with E-state index in [4.69, 9.17) is 18.0 Å². The lowest BCUT2D eigenvalue weighted by Gasteiger charge is -2.10. The van der Waals surface area contributed by atoms with Gasteiger partial charge in [0.05, 0.1) is 24.4 Å². The van der Waals surface area contributed by atoms with Gasteiger partial charge in [-0.15, -0.1) is 0 Å². The van der Waals surface area contributed by atoms with E-state index in [0.29, 0.717) is 0 Å². The molecule has 0 aliphatic carbocycles. The molecular formula is C16H15N5S. The van der Waals surface area contributed by atoms with E-state index in [-0.39, 0.29) is 5.11 Å². The van der Waals surface area contributed by atoms with Crippen molar-refractivity contribution in [2.75, 3.05) is 7.05 Å². The summed E-state index contributed by atoms with van der Waals surface area (Å²) in [5.41, 5.74) is 8.55. The number of nitrogens with zero attached hydrogens (tertiary/aromatic N) is 3. The number of imidazole rings is 1. The minimum absolute atomic E-state index is 0.227. The number of benzene rings is 2. The number of thiocarbonyl (C=S) groups is 1. The van der Waals surface area contributed by atoms with E-state index in [1.807, 2.05) is 12.1 Å². The first-order valence-electron chi connectivity index (χ1n) is 6.74. The zero-order valence-corrected chi connectivity index (χ0v) is 12.8. The highest BCUT2D eigenvalue weighted by Gasteiger charge is 2.06. The second-order valence-corrected chi connectivity index (χ2v) is 5.28. The molecule has 0 bridgehead atoms. The number of aromatic amines is 1. The molecule has 0 saturated carbocycles. The molecule has 3 N–H and O–H groups in total. The maximum atomic E-state index is 5.55. The lowest BCUT2D eigenvalue weighted by molar-refractivity contribution is 0.552. The molecule has 0 amide bonds. The van der Waals surface area contributed by atoms with E-state index in [2.05, 4.69) is 39.3 Å². The summed E-state index contributed by atoms with van der Waals surface area (Å²) in [5.74, 6) is 0. The fourth-order valence-corrected chi connectivity index (χ4v) is 2.27. The predicted octanol–water partition coefficient (Wildman–Crippen LogP) is 2.74. The number of rotatable bonds is 3. The molecule has 0 aliphatic rings. The van der Waals surface area contributed by atoms with Crippen LogP contribution in [0.4, 0.5) is 0 Å². The van der Waals surface area contributed by atoms with Gasteiger partial charge in [0, 0.05) is 18.2 Å². The zero-order chi connectivity index (χ0) is 15.5. The highest BCUT2D eigenvalue weighted by Crippen LogP contribution is 2.25. The Morgan fingerprint density at radius 2 is 2.18 bits per heavy atom. The summed E-state index contributed by atoms with van der Waals surface area (Å²) in [6.07, 6.45) is 5.23. The monoisotopic (exact) mass is 309 g/mol. The Labute approximate surface area is 133 Å². The van der Waals surface area contributed by atoms with Crippen molar-refractivity contribution in [2.24, 2.45) is 10.8 Å². The van der Waals surface area contributed by atoms with Gasteiger partial charge in [-0.3, -0.25) is 0 Å². The largest absolute Gasteiger partial charge is 0.375 e. The summed E-state index contributed by atoms with van der Waals surface area (Å²) in [4.78, 5) is 7.20. The standard InChI is InChI=1S/C16H15N5S/c1-21(16(17)22)20-8-13-7-12(15-9-18-10-19-15)6-11-4-2-3-5-14(11)13/h2-10H,1H3,(H2,17,22)(H,18,19)/b20-8+. The van der Waals surface area contributed by atoms with Gasteiger partial charge in [0.2, 0.25) is 0 Å². The maximum Gasteiger partial charge on any atom is 0.186 e. The SMILES string of the molecule is CN(/N=C/c1cc(-c2cnc[nH]2)cc2ccccc12)C(N)=S. The molecule has 0 saturated heterocycles. The van der Waals surface area contributed by atoms with Crippen LogP contribution in [0.3, 0.4) is 0 Å². The van der Waals surface area contributed by atoms with Gasteiger partial charge in [0.25, 0.3) is 0 Å². The number of nitrogens with two attached hydrogens (primary N) is 1. The molecule has 0 unspecified atom stereocenters. The third-order valence-corrected chi connectivity index (χ3v) is 3.66. The van der Waals surface area contributed by atoms with Crippen molar-refractivity contribution in [3.63, 3.8) is 0 Å². The zero-order valence-electron chi connectivity index (χ0n) is 12.0. The van der Waals surface area contributed by atoms with Crippen LogP contribution in [0.5, 0.6) is 0 Å². The van der Waals surface area contributed by atoms with Crippen LogP contribution in [0.2, 0.25) is 0 Å². The van der Waals surface area contributed by atoms with Crippen LogP contribution in [0.25, 0.3) is 22.0 Å². The summed E-state index contributed by atoms with van der Waals surface area (Å²) in [6, 6.07) is 12.3. The Kier molecular flexibility index (Phi) is 3.84. The van der Waals surface area contributed by atoms with Crippen LogP contribution in [0.15, 0.2) is 54.0 Å². The first-order valence-corrected chi connectivity index (χ1v) is 7.14. The van der Waals surface area contributed by atoms with E-state index in [0.717, 1.165) is 27.6 Å². The lowest BCUT2D eigenvalue weighted by atomic mass is 10.0. The summed E-state index contributed by atoms with van der Waals surface area (Å²) < 4.78 is 0. The molecule has 22 heavy (non-hydrogen) atoms. The van der Waals surface area contributed by atoms with Crippen LogP contribution in [0, 0.1) is 0 Å². The lowest BCUT2D eigenvalue weighted by Crippen LogP contribution is -2.27. The highest BCUT2D eigenvalue weighted by molar-refractivity contribution is 7.80. The molecule has 3 aromatic rings. The van der Waals surface area contributed by atoms with Crippen molar-refractivity contribution in [2.45, 2.75) is 0 Å². The van der Waals surface area contributed by atoms with Crippen LogP contribution < -0.4 is 5.73 Å². The van der Waals surface area contributed by atoms with Crippen LogP contribution >= 0.6 is 12.2 Å². The van der Waals surface area contributed by atoms with Crippen molar-refractivity contribution in [3.8, 4) is 11.3 Å². The third kappa shape index (κ3) is 2.82. The van der Waals surface area contributed by atoms with Gasteiger partial charge < -0.3 is 10.7 Å². The fraction of sp³-hybridized carbons (Fsp3) is 0.0625. The van der Waals surface area contributed by atoms with E-state index in [9.17, 15) is 0 Å². The van der Waals surface area contributed by atoms with Gasteiger partial charge in [-0.05, 0) is 35.1 Å². The van der Waals surface area contributed by atoms with Gasteiger partial charge >= 0.3 is 0 Å². The van der Waals surface area contributed by atoms with Gasteiger partial charge in [0.15, 0.2) is 5.11 Å². The minimum Gasteiger partial charge on any atom is -0.375 e. The first-order chi connectivity index (χ1) is 10.6. The maximum absolute atomic E-state index is 5.55. The Morgan fingerprint density at radius 3 is 2.91 bits per heavy atom. The molecule has 110 valence electrons. The number of aromatic nitrogens is 2. The number of fused-ring (bicyclic) bond motifs is 1. The normalized spacial score (nSPS) is 11.1. The molecule has 0 fully saturated rings. The summed E-state index contributed by atoms with van der Waals surface area (Å²) >= 11 is 4.90. The third-order valence-electron chi connectivity index (χ3n) is 3.39. The summed E-state index contributed by atoms with van der Waals surface area (Å²) in [5, 5.41) is 8.23. The molecule has 5 nitrogen and oxygen atoms in total. The average Bonchev–Trinajstić information content (AvgIpc) is 3.06. The molecule has 0 radical (unpaired) electrons. The number of hydrogen-bond donors (Lipinski definition) is 2. The predicted molar refractivity (Wildman–Crippen MR) is 93.7 cm³/mol. The van der Waals surface area contributed by atoms with Gasteiger partial charge in [0.1, 0.15) is 0 Å². The molecule has 2 aromatic carbocycles. The van der Waals surface area contributed by atoms with Crippen LogP contribution in [-0.2, 0) is 0 Å². The van der Waals surface area contributed by atoms with Crippen molar-refractivity contribution in [3.05, 3.63) is 54.5 Å². The molecular weight excluding hydrogens is 294 g/mol. The highest BCUT2D eigenvalue weighted by atomic mass is 32.1. The Bertz CT molecular complexity index is 839. The van der Waals surface area contributed by atoms with Crippen molar-refractivity contribution >= 4 is 34.3 Å². The summed E-state index contributed by atoms with van der Waals surface area (Å²) in [7, 11) is 1.72. The van der Waals surface area contributed by atoms with E-state index in [1.54, 1.807) is 25.8 Å². The molecule has 1 heterocycles. The summed E-state index contributed by atoms with van der Waals surface area (Å²) in [6.45, 7) is 0.